The molecule has 30 heavy (non-hydrogen) atoms. The summed E-state index contributed by atoms with van der Waals surface area (Å²) < 4.78 is 18.9. The predicted molar refractivity (Wildman–Crippen MR) is 109 cm³/mol. The van der Waals surface area contributed by atoms with Crippen molar-refractivity contribution in [3.05, 3.63) is 59.9 Å². The number of ether oxygens (including phenoxy) is 1. The van der Waals surface area contributed by atoms with Crippen LogP contribution in [-0.4, -0.2) is 35.9 Å². The maximum absolute atomic E-state index is 13.3. The minimum atomic E-state index is -1.33. The third kappa shape index (κ3) is 4.12. The number of hydrogen-bond acceptors (Lipinski definition) is 4. The average molecular weight is 413 g/mol. The van der Waals surface area contributed by atoms with Crippen LogP contribution in [0.2, 0.25) is 0 Å². The number of para-hydroxylation sites is 2. The van der Waals surface area contributed by atoms with Crippen molar-refractivity contribution in [1.82, 2.24) is 10.2 Å². The average Bonchev–Trinajstić information content (AvgIpc) is 2.98. The number of nitrogens with one attached hydrogen (secondary N) is 2. The molecule has 2 aromatic carbocycles. The zero-order valence-corrected chi connectivity index (χ0v) is 16.9. The van der Waals surface area contributed by atoms with E-state index in [0.717, 1.165) is 11.3 Å². The molecule has 2 aromatic rings. The van der Waals surface area contributed by atoms with Crippen molar-refractivity contribution >= 4 is 23.5 Å². The number of urea groups is 1. The minimum absolute atomic E-state index is 0.259. The standard InChI is InChI=1S/C22H24FN3O4/c1-3-13-30-18-8-6-5-7-17(18)24-19(27)14-26-20(28)22(4-2,25-21(26)29)15-9-11-16(23)12-10-15/h5-12H,3-4,13-14H2,1-2H3,(H,24,27)(H,25,29). The smallest absolute Gasteiger partial charge is 0.325 e. The lowest BCUT2D eigenvalue weighted by molar-refractivity contribution is -0.134. The Bertz CT molecular complexity index is 948. The minimum Gasteiger partial charge on any atom is -0.491 e. The van der Waals surface area contributed by atoms with Crippen molar-refractivity contribution in [2.75, 3.05) is 18.5 Å². The summed E-state index contributed by atoms with van der Waals surface area (Å²) in [4.78, 5) is 39.1. The van der Waals surface area contributed by atoms with Gasteiger partial charge < -0.3 is 15.4 Å². The molecule has 0 aromatic heterocycles. The summed E-state index contributed by atoms with van der Waals surface area (Å²) in [6.45, 7) is 3.76. The SMILES string of the molecule is CCCOc1ccccc1NC(=O)CN1C(=O)NC(CC)(c2ccc(F)cc2)C1=O. The van der Waals surface area contributed by atoms with Crippen molar-refractivity contribution in [1.29, 1.82) is 0 Å². The van der Waals surface area contributed by atoms with E-state index in [1.807, 2.05) is 6.92 Å². The Kier molecular flexibility index (Phi) is 6.34. The quantitative estimate of drug-likeness (QED) is 0.650. The first-order chi connectivity index (χ1) is 14.4. The Hall–Kier alpha value is -3.42. The molecule has 1 atom stereocenters. The van der Waals surface area contributed by atoms with E-state index in [1.165, 1.54) is 24.3 Å². The summed E-state index contributed by atoms with van der Waals surface area (Å²) in [5.74, 6) is -1.01. The van der Waals surface area contributed by atoms with Crippen LogP contribution >= 0.6 is 0 Å². The normalized spacial score (nSPS) is 18.3. The Morgan fingerprint density at radius 3 is 2.50 bits per heavy atom. The molecule has 0 saturated carbocycles. The molecule has 0 bridgehead atoms. The lowest BCUT2D eigenvalue weighted by Gasteiger charge is -2.25. The van der Waals surface area contributed by atoms with E-state index < -0.39 is 35.7 Å². The first-order valence-corrected chi connectivity index (χ1v) is 9.83. The second-order valence-electron chi connectivity index (χ2n) is 6.98. The molecule has 0 aliphatic carbocycles. The van der Waals surface area contributed by atoms with Gasteiger partial charge in [0.25, 0.3) is 5.91 Å². The number of rotatable bonds is 8. The van der Waals surface area contributed by atoms with Gasteiger partial charge in [0.05, 0.1) is 12.3 Å². The molecule has 1 aliphatic rings. The van der Waals surface area contributed by atoms with E-state index in [4.69, 9.17) is 4.74 Å². The highest BCUT2D eigenvalue weighted by molar-refractivity contribution is 6.10. The Balaban J connectivity index is 1.76. The molecule has 1 aliphatic heterocycles. The predicted octanol–water partition coefficient (Wildman–Crippen LogP) is 3.41. The van der Waals surface area contributed by atoms with Gasteiger partial charge in [-0.15, -0.1) is 0 Å². The zero-order valence-electron chi connectivity index (χ0n) is 16.9. The number of amides is 4. The van der Waals surface area contributed by atoms with Crippen LogP contribution in [0.25, 0.3) is 0 Å². The van der Waals surface area contributed by atoms with E-state index >= 15 is 0 Å². The summed E-state index contributed by atoms with van der Waals surface area (Å²) in [5.41, 5.74) is -0.401. The van der Waals surface area contributed by atoms with Gasteiger partial charge in [-0.2, -0.15) is 0 Å². The van der Waals surface area contributed by atoms with Crippen LogP contribution in [0.1, 0.15) is 32.3 Å². The van der Waals surface area contributed by atoms with Crippen molar-refractivity contribution in [3.8, 4) is 5.75 Å². The van der Waals surface area contributed by atoms with Crippen LogP contribution in [0.3, 0.4) is 0 Å². The largest absolute Gasteiger partial charge is 0.491 e. The topological polar surface area (TPSA) is 87.7 Å². The van der Waals surface area contributed by atoms with Gasteiger partial charge in [-0.3, -0.25) is 14.5 Å². The molecule has 7 nitrogen and oxygen atoms in total. The number of benzene rings is 2. The number of hydrogen-bond donors (Lipinski definition) is 2. The monoisotopic (exact) mass is 413 g/mol. The molecule has 0 radical (unpaired) electrons. The van der Waals surface area contributed by atoms with Crippen molar-refractivity contribution in [2.24, 2.45) is 0 Å². The molecule has 2 N–H and O–H groups in total. The summed E-state index contributed by atoms with van der Waals surface area (Å²) in [6, 6.07) is 11.7. The van der Waals surface area contributed by atoms with Gasteiger partial charge in [0.2, 0.25) is 5.91 Å². The molecule has 4 amide bonds. The molecule has 1 saturated heterocycles. The van der Waals surface area contributed by atoms with Gasteiger partial charge in [0.1, 0.15) is 23.7 Å². The highest BCUT2D eigenvalue weighted by atomic mass is 19.1. The van der Waals surface area contributed by atoms with Gasteiger partial charge in [0.15, 0.2) is 0 Å². The van der Waals surface area contributed by atoms with Crippen LogP contribution in [0.4, 0.5) is 14.9 Å². The van der Waals surface area contributed by atoms with Crippen LogP contribution < -0.4 is 15.4 Å². The van der Waals surface area contributed by atoms with E-state index in [2.05, 4.69) is 10.6 Å². The molecule has 1 fully saturated rings. The third-order valence-corrected chi connectivity index (χ3v) is 4.97. The van der Waals surface area contributed by atoms with E-state index in [-0.39, 0.29) is 6.42 Å². The van der Waals surface area contributed by atoms with Gasteiger partial charge >= 0.3 is 6.03 Å². The van der Waals surface area contributed by atoms with E-state index in [0.29, 0.717) is 23.6 Å². The Morgan fingerprint density at radius 2 is 1.83 bits per heavy atom. The molecule has 1 heterocycles. The van der Waals surface area contributed by atoms with Gasteiger partial charge in [-0.25, -0.2) is 9.18 Å². The fourth-order valence-electron chi connectivity index (χ4n) is 3.38. The third-order valence-electron chi connectivity index (χ3n) is 4.97. The van der Waals surface area contributed by atoms with Crippen LogP contribution in [0.15, 0.2) is 48.5 Å². The maximum atomic E-state index is 13.3. The number of carbonyl (C=O) groups excluding carboxylic acids is 3. The maximum Gasteiger partial charge on any atom is 0.325 e. The highest BCUT2D eigenvalue weighted by Gasteiger charge is 2.51. The zero-order chi connectivity index (χ0) is 21.7. The molecule has 8 heteroatoms. The lowest BCUT2D eigenvalue weighted by Crippen LogP contribution is -2.44. The van der Waals surface area contributed by atoms with E-state index in [9.17, 15) is 18.8 Å². The number of carbonyl (C=O) groups is 3. The molecule has 1 unspecified atom stereocenters. The summed E-state index contributed by atoms with van der Waals surface area (Å²) in [5, 5.41) is 5.36. The van der Waals surface area contributed by atoms with Crippen LogP contribution in [-0.2, 0) is 15.1 Å². The molecule has 3 rings (SSSR count). The van der Waals surface area contributed by atoms with Gasteiger partial charge in [0, 0.05) is 0 Å². The summed E-state index contributed by atoms with van der Waals surface area (Å²) in [7, 11) is 0. The summed E-state index contributed by atoms with van der Waals surface area (Å²) >= 11 is 0. The van der Waals surface area contributed by atoms with Crippen molar-refractivity contribution < 1.29 is 23.5 Å². The molecule has 0 spiro atoms. The van der Waals surface area contributed by atoms with Gasteiger partial charge in [-0.1, -0.05) is 38.1 Å². The van der Waals surface area contributed by atoms with Crippen molar-refractivity contribution in [3.63, 3.8) is 0 Å². The number of halogens is 1. The first-order valence-electron chi connectivity index (χ1n) is 9.83. The molecule has 158 valence electrons. The summed E-state index contributed by atoms with van der Waals surface area (Å²) in [6.07, 6.45) is 1.07. The number of imide groups is 1. The van der Waals surface area contributed by atoms with Crippen LogP contribution in [0.5, 0.6) is 5.75 Å². The fraction of sp³-hybridized carbons (Fsp3) is 0.318. The molecular weight excluding hydrogens is 389 g/mol. The van der Waals surface area contributed by atoms with Crippen LogP contribution in [0, 0.1) is 5.82 Å². The van der Waals surface area contributed by atoms with E-state index in [1.54, 1.807) is 31.2 Å². The second kappa shape index (κ2) is 8.94. The highest BCUT2D eigenvalue weighted by Crippen LogP contribution is 2.32. The number of nitrogens with zero attached hydrogens (tertiary/aromatic N) is 1. The Morgan fingerprint density at radius 1 is 1.13 bits per heavy atom. The second-order valence-corrected chi connectivity index (χ2v) is 6.98. The first kappa shape index (κ1) is 21.3. The fourth-order valence-corrected chi connectivity index (χ4v) is 3.38. The van der Waals surface area contributed by atoms with Gasteiger partial charge in [-0.05, 0) is 42.7 Å². The number of anilines is 1. The lowest BCUT2D eigenvalue weighted by atomic mass is 9.87. The Labute approximate surface area is 174 Å². The van der Waals surface area contributed by atoms with Crippen molar-refractivity contribution in [2.45, 2.75) is 32.2 Å². The molecular formula is C22H24FN3O4.